The van der Waals surface area contributed by atoms with Crippen LogP contribution in [0, 0.1) is 0 Å². The van der Waals surface area contributed by atoms with Crippen LogP contribution in [-0.2, 0) is 16.6 Å². The third kappa shape index (κ3) is 4.11. The minimum atomic E-state index is -3.72. The van der Waals surface area contributed by atoms with Gasteiger partial charge in [0.2, 0.25) is 10.0 Å². The van der Waals surface area contributed by atoms with Crippen LogP contribution in [0.2, 0.25) is 10.0 Å². The van der Waals surface area contributed by atoms with E-state index in [0.29, 0.717) is 26.8 Å². The van der Waals surface area contributed by atoms with E-state index in [4.69, 9.17) is 28.3 Å². The van der Waals surface area contributed by atoms with Gasteiger partial charge in [-0.25, -0.2) is 13.6 Å². The fourth-order valence-electron chi connectivity index (χ4n) is 1.70. The van der Waals surface area contributed by atoms with Crippen molar-refractivity contribution in [1.29, 1.82) is 0 Å². The highest BCUT2D eigenvalue weighted by atomic mass is 79.9. The molecule has 0 aromatic heterocycles. The van der Waals surface area contributed by atoms with Crippen molar-refractivity contribution < 1.29 is 8.42 Å². The van der Waals surface area contributed by atoms with Crippen LogP contribution in [0.25, 0.3) is 0 Å². The summed E-state index contributed by atoms with van der Waals surface area (Å²) in [6.45, 7) is 0.409. The van der Waals surface area contributed by atoms with Crippen molar-refractivity contribution in [3.63, 3.8) is 0 Å². The van der Waals surface area contributed by atoms with Gasteiger partial charge in [-0.05, 0) is 46.3 Å². The lowest BCUT2D eigenvalue weighted by Crippen LogP contribution is -2.12. The molecule has 0 radical (unpaired) electrons. The van der Waals surface area contributed by atoms with Gasteiger partial charge in [-0.3, -0.25) is 0 Å². The first kappa shape index (κ1) is 16.6. The van der Waals surface area contributed by atoms with Crippen molar-refractivity contribution in [2.45, 2.75) is 11.4 Å². The Kier molecular flexibility index (Phi) is 5.16. The van der Waals surface area contributed by atoms with Crippen molar-refractivity contribution in [3.8, 4) is 0 Å². The van der Waals surface area contributed by atoms with Crippen LogP contribution in [0.1, 0.15) is 5.56 Å². The highest BCUT2D eigenvalue weighted by molar-refractivity contribution is 9.10. The summed E-state index contributed by atoms with van der Waals surface area (Å²) in [7, 11) is -3.72. The predicted octanol–water partition coefficient (Wildman–Crippen LogP) is 4.02. The van der Waals surface area contributed by atoms with E-state index in [9.17, 15) is 8.42 Å². The SMILES string of the molecule is NS(=O)(=O)c1ccc(NCc2c(Cl)cccc2Cl)c(Br)c1. The minimum Gasteiger partial charge on any atom is -0.380 e. The molecule has 3 N–H and O–H groups in total. The average molecular weight is 410 g/mol. The first-order valence-electron chi connectivity index (χ1n) is 5.78. The second kappa shape index (κ2) is 6.54. The molecule has 0 amide bonds. The molecular weight excluding hydrogens is 399 g/mol. The van der Waals surface area contributed by atoms with Gasteiger partial charge in [0.15, 0.2) is 0 Å². The third-order valence-corrected chi connectivity index (χ3v) is 5.06. The quantitative estimate of drug-likeness (QED) is 0.800. The summed E-state index contributed by atoms with van der Waals surface area (Å²) in [4.78, 5) is 0.0377. The maximum Gasteiger partial charge on any atom is 0.238 e. The van der Waals surface area contributed by atoms with Gasteiger partial charge in [0, 0.05) is 32.3 Å². The monoisotopic (exact) mass is 408 g/mol. The molecule has 0 aliphatic heterocycles. The van der Waals surface area contributed by atoms with E-state index < -0.39 is 10.0 Å². The summed E-state index contributed by atoms with van der Waals surface area (Å²) >= 11 is 15.5. The molecule has 0 fully saturated rings. The minimum absolute atomic E-state index is 0.0377. The largest absolute Gasteiger partial charge is 0.380 e. The van der Waals surface area contributed by atoms with E-state index in [2.05, 4.69) is 21.2 Å². The number of primary sulfonamides is 1. The first-order valence-corrected chi connectivity index (χ1v) is 8.87. The number of hydrogen-bond donors (Lipinski definition) is 2. The predicted molar refractivity (Wildman–Crippen MR) is 89.3 cm³/mol. The molecule has 0 aliphatic carbocycles. The summed E-state index contributed by atoms with van der Waals surface area (Å²) in [6.07, 6.45) is 0. The summed E-state index contributed by atoms with van der Waals surface area (Å²) in [5, 5.41) is 9.34. The third-order valence-electron chi connectivity index (χ3n) is 2.79. The van der Waals surface area contributed by atoms with E-state index in [1.54, 1.807) is 24.3 Å². The Morgan fingerprint density at radius 2 is 1.76 bits per heavy atom. The summed E-state index contributed by atoms with van der Waals surface area (Å²) < 4.78 is 23.1. The van der Waals surface area contributed by atoms with Gasteiger partial charge in [-0.1, -0.05) is 29.3 Å². The number of sulfonamides is 1. The van der Waals surface area contributed by atoms with Crippen LogP contribution in [0.5, 0.6) is 0 Å². The molecule has 0 saturated carbocycles. The number of benzene rings is 2. The first-order chi connectivity index (χ1) is 9.79. The lowest BCUT2D eigenvalue weighted by atomic mass is 10.2. The molecule has 4 nitrogen and oxygen atoms in total. The summed E-state index contributed by atoms with van der Waals surface area (Å²) in [5.41, 5.74) is 1.47. The van der Waals surface area contributed by atoms with Crippen LogP contribution in [-0.4, -0.2) is 8.42 Å². The number of halogens is 3. The smallest absolute Gasteiger partial charge is 0.238 e. The molecule has 112 valence electrons. The highest BCUT2D eigenvalue weighted by Crippen LogP contribution is 2.28. The molecule has 2 aromatic rings. The normalized spacial score (nSPS) is 11.4. The highest BCUT2D eigenvalue weighted by Gasteiger charge is 2.11. The van der Waals surface area contributed by atoms with E-state index >= 15 is 0 Å². The maximum absolute atomic E-state index is 11.3. The number of nitrogens with two attached hydrogens (primary N) is 1. The Bertz CT molecular complexity index is 761. The molecule has 0 unspecified atom stereocenters. The van der Waals surface area contributed by atoms with Crippen LogP contribution in [0.3, 0.4) is 0 Å². The Morgan fingerprint density at radius 1 is 1.14 bits per heavy atom. The zero-order valence-corrected chi connectivity index (χ0v) is 14.5. The molecule has 0 aliphatic rings. The van der Waals surface area contributed by atoms with Crippen molar-refractivity contribution >= 4 is 54.8 Å². The Hall–Kier alpha value is -0.790. The van der Waals surface area contributed by atoms with Crippen LogP contribution >= 0.6 is 39.1 Å². The summed E-state index contributed by atoms with van der Waals surface area (Å²) in [5.74, 6) is 0. The van der Waals surface area contributed by atoms with Gasteiger partial charge in [0.25, 0.3) is 0 Å². The lowest BCUT2D eigenvalue weighted by Gasteiger charge is -2.12. The fourth-order valence-corrected chi connectivity index (χ4v) is 3.44. The summed E-state index contributed by atoms with van der Waals surface area (Å²) in [6, 6.07) is 9.76. The second-order valence-electron chi connectivity index (χ2n) is 4.24. The van der Waals surface area contributed by atoms with Crippen molar-refractivity contribution in [1.82, 2.24) is 0 Å². The molecule has 8 heteroatoms. The second-order valence-corrected chi connectivity index (χ2v) is 7.47. The zero-order chi connectivity index (χ0) is 15.6. The van der Waals surface area contributed by atoms with Gasteiger partial charge in [-0.15, -0.1) is 0 Å². The zero-order valence-electron chi connectivity index (χ0n) is 10.6. The van der Waals surface area contributed by atoms with Crippen LogP contribution in [0.15, 0.2) is 45.8 Å². The molecule has 0 spiro atoms. The molecule has 0 bridgehead atoms. The number of hydrogen-bond acceptors (Lipinski definition) is 3. The Labute approximate surface area is 141 Å². The molecule has 0 saturated heterocycles. The van der Waals surface area contributed by atoms with E-state index in [0.717, 1.165) is 5.56 Å². The standard InChI is InChI=1S/C13H11BrCl2N2O2S/c14-10-6-8(21(17,19)20)4-5-13(10)18-7-9-11(15)2-1-3-12(9)16/h1-6,18H,7H2,(H2,17,19,20). The topological polar surface area (TPSA) is 72.2 Å². The van der Waals surface area contributed by atoms with E-state index in [-0.39, 0.29) is 4.90 Å². The molecule has 0 atom stereocenters. The fraction of sp³-hybridized carbons (Fsp3) is 0.0769. The van der Waals surface area contributed by atoms with Crippen LogP contribution in [0.4, 0.5) is 5.69 Å². The molecule has 0 heterocycles. The molecular formula is C13H11BrCl2N2O2S. The van der Waals surface area contributed by atoms with Crippen molar-refractivity contribution in [2.24, 2.45) is 5.14 Å². The Morgan fingerprint density at radius 3 is 2.29 bits per heavy atom. The van der Waals surface area contributed by atoms with Gasteiger partial charge in [0.1, 0.15) is 0 Å². The lowest BCUT2D eigenvalue weighted by molar-refractivity contribution is 0.598. The van der Waals surface area contributed by atoms with Gasteiger partial charge >= 0.3 is 0 Å². The molecule has 2 aromatic carbocycles. The van der Waals surface area contributed by atoms with Gasteiger partial charge < -0.3 is 5.32 Å². The number of rotatable bonds is 4. The van der Waals surface area contributed by atoms with Gasteiger partial charge in [-0.2, -0.15) is 0 Å². The van der Waals surface area contributed by atoms with Crippen molar-refractivity contribution in [2.75, 3.05) is 5.32 Å². The molecule has 2 rings (SSSR count). The van der Waals surface area contributed by atoms with Gasteiger partial charge in [0.05, 0.1) is 4.90 Å². The average Bonchev–Trinajstić information content (AvgIpc) is 2.38. The van der Waals surface area contributed by atoms with E-state index in [1.807, 2.05) is 0 Å². The maximum atomic E-state index is 11.3. The number of nitrogens with one attached hydrogen (secondary N) is 1. The van der Waals surface area contributed by atoms with E-state index in [1.165, 1.54) is 12.1 Å². The van der Waals surface area contributed by atoms with Crippen LogP contribution < -0.4 is 10.5 Å². The number of anilines is 1. The Balaban J connectivity index is 2.22. The van der Waals surface area contributed by atoms with Crippen molar-refractivity contribution in [3.05, 3.63) is 56.5 Å². The molecule has 21 heavy (non-hydrogen) atoms.